The lowest BCUT2D eigenvalue weighted by molar-refractivity contribution is -0.0192. The Kier molecular flexibility index (Phi) is 5.36. The van der Waals surface area contributed by atoms with Crippen molar-refractivity contribution in [2.75, 3.05) is 21.3 Å². The fourth-order valence-electron chi connectivity index (χ4n) is 4.80. The first-order valence-electron chi connectivity index (χ1n) is 11.0. The lowest BCUT2D eigenvalue weighted by Crippen LogP contribution is -2.33. The van der Waals surface area contributed by atoms with Gasteiger partial charge in [-0.15, -0.1) is 0 Å². The third kappa shape index (κ3) is 3.55. The van der Waals surface area contributed by atoms with Crippen molar-refractivity contribution in [1.82, 2.24) is 5.01 Å². The zero-order valence-electron chi connectivity index (χ0n) is 19.6. The molecule has 0 saturated carbocycles. The largest absolute Gasteiger partial charge is 0.493 e. The van der Waals surface area contributed by atoms with Gasteiger partial charge in [0.25, 0.3) is 0 Å². The molecule has 6 nitrogen and oxygen atoms in total. The Morgan fingerprint density at radius 2 is 1.64 bits per heavy atom. The summed E-state index contributed by atoms with van der Waals surface area (Å²) in [6.45, 7) is 4.25. The highest BCUT2D eigenvalue weighted by Gasteiger charge is 2.41. The van der Waals surface area contributed by atoms with Crippen molar-refractivity contribution in [2.45, 2.75) is 32.5 Å². The van der Waals surface area contributed by atoms with Crippen LogP contribution >= 0.6 is 0 Å². The molecule has 33 heavy (non-hydrogen) atoms. The maximum Gasteiger partial charge on any atom is 0.214 e. The zero-order chi connectivity index (χ0) is 23.1. The van der Waals surface area contributed by atoms with E-state index in [-0.39, 0.29) is 6.04 Å². The average molecular weight is 445 g/mol. The van der Waals surface area contributed by atoms with Crippen molar-refractivity contribution >= 4 is 5.71 Å². The lowest BCUT2D eigenvalue weighted by Gasteiger charge is -2.38. The van der Waals surface area contributed by atoms with Crippen LogP contribution in [0.1, 0.15) is 46.5 Å². The monoisotopic (exact) mass is 444 g/mol. The topological polar surface area (TPSA) is 52.5 Å². The van der Waals surface area contributed by atoms with Crippen LogP contribution in [0.5, 0.6) is 23.0 Å². The lowest BCUT2D eigenvalue weighted by atomic mass is 9.94. The number of rotatable bonds is 5. The number of benzene rings is 3. The number of aryl methyl sites for hydroxylation is 2. The van der Waals surface area contributed by atoms with Crippen molar-refractivity contribution < 1.29 is 18.9 Å². The molecule has 5 rings (SSSR count). The molecule has 0 saturated heterocycles. The number of fused-ring (bicyclic) bond motifs is 3. The van der Waals surface area contributed by atoms with Gasteiger partial charge in [-0.25, -0.2) is 5.01 Å². The second kappa shape index (κ2) is 8.35. The highest BCUT2D eigenvalue weighted by Crippen LogP contribution is 2.49. The molecule has 2 heterocycles. The number of ether oxygens (including phenoxy) is 4. The van der Waals surface area contributed by atoms with Crippen LogP contribution in [0.4, 0.5) is 0 Å². The first kappa shape index (κ1) is 21.2. The van der Waals surface area contributed by atoms with E-state index in [4.69, 9.17) is 24.0 Å². The second-order valence-electron chi connectivity index (χ2n) is 8.43. The quantitative estimate of drug-likeness (QED) is 0.515. The van der Waals surface area contributed by atoms with Gasteiger partial charge in [0.05, 0.1) is 33.1 Å². The summed E-state index contributed by atoms with van der Waals surface area (Å²) in [5.74, 6) is 2.60. The van der Waals surface area contributed by atoms with Crippen LogP contribution in [0.2, 0.25) is 0 Å². The summed E-state index contributed by atoms with van der Waals surface area (Å²) in [7, 11) is 4.84. The molecule has 0 unspecified atom stereocenters. The molecule has 2 aliphatic rings. The van der Waals surface area contributed by atoms with E-state index in [1.165, 1.54) is 16.7 Å². The van der Waals surface area contributed by atoms with Gasteiger partial charge < -0.3 is 18.9 Å². The van der Waals surface area contributed by atoms with Crippen LogP contribution in [-0.4, -0.2) is 32.0 Å². The van der Waals surface area contributed by atoms with Gasteiger partial charge in [-0.05, 0) is 37.6 Å². The first-order chi connectivity index (χ1) is 16.0. The Morgan fingerprint density at radius 3 is 2.30 bits per heavy atom. The molecule has 0 bridgehead atoms. The second-order valence-corrected chi connectivity index (χ2v) is 8.43. The van der Waals surface area contributed by atoms with Crippen molar-refractivity contribution in [3.05, 3.63) is 82.4 Å². The molecule has 3 aromatic carbocycles. The molecule has 0 radical (unpaired) electrons. The number of hydrogen-bond donors (Lipinski definition) is 0. The van der Waals surface area contributed by atoms with Gasteiger partial charge in [-0.2, -0.15) is 5.10 Å². The minimum Gasteiger partial charge on any atom is -0.493 e. The van der Waals surface area contributed by atoms with E-state index in [1.54, 1.807) is 21.3 Å². The molecule has 0 aliphatic carbocycles. The summed E-state index contributed by atoms with van der Waals surface area (Å²) >= 11 is 0. The Balaban J connectivity index is 1.63. The fourth-order valence-corrected chi connectivity index (χ4v) is 4.80. The van der Waals surface area contributed by atoms with Gasteiger partial charge in [0, 0.05) is 23.1 Å². The number of methoxy groups -OCH3 is 3. The van der Waals surface area contributed by atoms with Crippen LogP contribution in [-0.2, 0) is 0 Å². The third-order valence-electron chi connectivity index (χ3n) is 6.36. The summed E-state index contributed by atoms with van der Waals surface area (Å²) in [4.78, 5) is 0. The smallest absolute Gasteiger partial charge is 0.214 e. The predicted octanol–water partition coefficient (Wildman–Crippen LogP) is 5.57. The van der Waals surface area contributed by atoms with E-state index in [1.807, 2.05) is 24.3 Å². The van der Waals surface area contributed by atoms with Gasteiger partial charge in [-0.1, -0.05) is 42.0 Å². The van der Waals surface area contributed by atoms with E-state index in [0.29, 0.717) is 17.2 Å². The summed E-state index contributed by atoms with van der Waals surface area (Å²) in [6, 6.07) is 18.7. The average Bonchev–Trinajstić information content (AvgIpc) is 3.27. The van der Waals surface area contributed by atoms with Crippen LogP contribution in [0.3, 0.4) is 0 Å². The summed E-state index contributed by atoms with van der Waals surface area (Å²) in [5.41, 5.74) is 6.74. The van der Waals surface area contributed by atoms with Gasteiger partial charge in [0.2, 0.25) is 12.0 Å². The van der Waals surface area contributed by atoms with Gasteiger partial charge in [-0.3, -0.25) is 0 Å². The number of nitrogens with zero attached hydrogens (tertiary/aromatic N) is 2. The molecule has 170 valence electrons. The number of para-hydroxylation sites is 1. The number of hydrogen-bond acceptors (Lipinski definition) is 6. The van der Waals surface area contributed by atoms with Crippen molar-refractivity contribution in [3.8, 4) is 23.0 Å². The van der Waals surface area contributed by atoms with Crippen LogP contribution in [0.25, 0.3) is 0 Å². The SMILES string of the molecule is COc1cc([C@H]2Oc3ccccc3[C@H]3CC(c4ccc(C)cc4C)=NN32)cc(OC)c1OC. The Hall–Kier alpha value is -3.67. The van der Waals surface area contributed by atoms with Crippen molar-refractivity contribution in [3.63, 3.8) is 0 Å². The van der Waals surface area contributed by atoms with Crippen LogP contribution in [0, 0.1) is 13.8 Å². The van der Waals surface area contributed by atoms with E-state index in [2.05, 4.69) is 49.2 Å². The highest BCUT2D eigenvalue weighted by atomic mass is 16.5. The summed E-state index contributed by atoms with van der Waals surface area (Å²) in [5, 5.41) is 7.16. The number of hydrazone groups is 1. The Morgan fingerprint density at radius 1 is 0.909 bits per heavy atom. The molecule has 2 aliphatic heterocycles. The first-order valence-corrected chi connectivity index (χ1v) is 11.0. The molecular weight excluding hydrogens is 416 g/mol. The molecule has 0 aromatic heterocycles. The molecule has 3 aromatic rings. The fraction of sp³-hybridized carbons (Fsp3) is 0.296. The minimum absolute atomic E-state index is 0.0785. The molecule has 2 atom stereocenters. The van der Waals surface area contributed by atoms with E-state index >= 15 is 0 Å². The maximum atomic E-state index is 6.50. The summed E-state index contributed by atoms with van der Waals surface area (Å²) < 4.78 is 23.2. The highest BCUT2D eigenvalue weighted by molar-refractivity contribution is 6.03. The molecule has 0 N–H and O–H groups in total. The zero-order valence-corrected chi connectivity index (χ0v) is 19.6. The molecule has 0 amide bonds. The molecule has 0 fully saturated rings. The van der Waals surface area contributed by atoms with Crippen LogP contribution in [0.15, 0.2) is 59.7 Å². The third-order valence-corrected chi connectivity index (χ3v) is 6.36. The van der Waals surface area contributed by atoms with E-state index in [9.17, 15) is 0 Å². The van der Waals surface area contributed by atoms with E-state index < -0.39 is 6.23 Å². The Bertz CT molecular complexity index is 1210. The predicted molar refractivity (Wildman–Crippen MR) is 128 cm³/mol. The van der Waals surface area contributed by atoms with Gasteiger partial charge in [0.15, 0.2) is 11.5 Å². The van der Waals surface area contributed by atoms with Gasteiger partial charge in [0.1, 0.15) is 5.75 Å². The van der Waals surface area contributed by atoms with Gasteiger partial charge >= 0.3 is 0 Å². The molecular formula is C27H28N2O4. The minimum atomic E-state index is -0.429. The maximum absolute atomic E-state index is 6.50. The van der Waals surface area contributed by atoms with Crippen molar-refractivity contribution in [1.29, 1.82) is 0 Å². The Labute approximate surface area is 194 Å². The standard InChI is InChI=1S/C27H28N2O4/c1-16-10-11-19(17(2)12-16)21-15-22-20-8-6-7-9-23(20)33-27(29(22)28-21)18-13-24(30-3)26(32-5)25(14-18)31-4/h6-14,22,27H,15H2,1-5H3/t22-,27-/m1/s1. The van der Waals surface area contributed by atoms with Crippen molar-refractivity contribution in [2.24, 2.45) is 5.10 Å². The normalized spacial score (nSPS) is 18.7. The van der Waals surface area contributed by atoms with Crippen LogP contribution < -0.4 is 18.9 Å². The van der Waals surface area contributed by atoms with E-state index in [0.717, 1.165) is 29.0 Å². The summed E-state index contributed by atoms with van der Waals surface area (Å²) in [6.07, 6.45) is 0.382. The molecule has 0 spiro atoms. The molecule has 6 heteroatoms.